The molecule has 22 heavy (non-hydrogen) atoms. The van der Waals surface area contributed by atoms with Crippen molar-refractivity contribution < 1.29 is 14.6 Å². The van der Waals surface area contributed by atoms with Gasteiger partial charge in [-0.3, -0.25) is 9.69 Å². The number of fused-ring (bicyclic) bond motifs is 1. The highest BCUT2D eigenvalue weighted by Crippen LogP contribution is 2.22. The van der Waals surface area contributed by atoms with Crippen LogP contribution in [0.3, 0.4) is 0 Å². The maximum Gasteiger partial charge on any atom is 0.222 e. The van der Waals surface area contributed by atoms with Gasteiger partial charge in [0, 0.05) is 39.7 Å². The third-order valence-corrected chi connectivity index (χ3v) is 4.66. The molecule has 0 saturated carbocycles. The number of carbonyl (C=O) groups is 1. The standard InChI is InChI=1S/C17H24N2O3/c1-22-16-12-19(11-15(16)20)17(21)7-4-8-18-9-13-5-2-3-6-14(13)10-18/h2-3,5-6,15-16,20H,4,7-12H2,1H3/t15-,16-/m0/s1. The molecule has 3 rings (SSSR count). The van der Waals surface area contributed by atoms with E-state index in [2.05, 4.69) is 29.2 Å². The fourth-order valence-corrected chi connectivity index (χ4v) is 3.37. The second-order valence-electron chi connectivity index (χ2n) is 6.22. The number of β-amino-alcohol motifs (C(OH)–C–C–N with tert-alkyl or cyclic N) is 1. The summed E-state index contributed by atoms with van der Waals surface area (Å²) in [5.41, 5.74) is 2.80. The van der Waals surface area contributed by atoms with E-state index in [0.29, 0.717) is 19.5 Å². The van der Waals surface area contributed by atoms with Gasteiger partial charge < -0.3 is 14.7 Å². The third-order valence-electron chi connectivity index (χ3n) is 4.66. The fourth-order valence-electron chi connectivity index (χ4n) is 3.37. The summed E-state index contributed by atoms with van der Waals surface area (Å²) >= 11 is 0. The largest absolute Gasteiger partial charge is 0.388 e. The van der Waals surface area contributed by atoms with Gasteiger partial charge in [-0.25, -0.2) is 0 Å². The van der Waals surface area contributed by atoms with Gasteiger partial charge >= 0.3 is 0 Å². The average molecular weight is 304 g/mol. The monoisotopic (exact) mass is 304 g/mol. The summed E-state index contributed by atoms with van der Waals surface area (Å²) in [6.07, 6.45) is 0.603. The molecular formula is C17H24N2O3. The molecule has 120 valence electrons. The number of ether oxygens (including phenoxy) is 1. The van der Waals surface area contributed by atoms with E-state index in [1.165, 1.54) is 11.1 Å². The van der Waals surface area contributed by atoms with Crippen molar-refractivity contribution in [3.05, 3.63) is 35.4 Å². The molecule has 5 heteroatoms. The number of benzene rings is 1. The number of methoxy groups -OCH3 is 1. The lowest BCUT2D eigenvalue weighted by Gasteiger charge is -2.18. The van der Waals surface area contributed by atoms with Crippen LogP contribution in [0.4, 0.5) is 0 Å². The number of likely N-dealkylation sites (tertiary alicyclic amines) is 1. The molecule has 2 aliphatic heterocycles. The van der Waals surface area contributed by atoms with Crippen molar-refractivity contribution in [3.8, 4) is 0 Å². The molecule has 1 amide bonds. The molecule has 0 radical (unpaired) electrons. The normalized spacial score (nSPS) is 24.7. The molecule has 0 aliphatic carbocycles. The molecule has 1 N–H and O–H groups in total. The number of rotatable bonds is 5. The predicted octanol–water partition coefficient (Wildman–Crippen LogP) is 1.00. The highest BCUT2D eigenvalue weighted by Gasteiger charge is 2.33. The Balaban J connectivity index is 1.40. The van der Waals surface area contributed by atoms with E-state index in [9.17, 15) is 9.90 Å². The van der Waals surface area contributed by atoms with Crippen LogP contribution < -0.4 is 0 Å². The van der Waals surface area contributed by atoms with Gasteiger partial charge in [0.25, 0.3) is 0 Å². The van der Waals surface area contributed by atoms with Gasteiger partial charge in [-0.05, 0) is 24.1 Å². The van der Waals surface area contributed by atoms with E-state index in [-0.39, 0.29) is 12.0 Å². The number of nitrogens with zero attached hydrogens (tertiary/aromatic N) is 2. The highest BCUT2D eigenvalue weighted by molar-refractivity contribution is 5.76. The molecule has 1 fully saturated rings. The SMILES string of the molecule is CO[C@H]1CN(C(=O)CCCN2Cc3ccccc3C2)C[C@@H]1O. The van der Waals surface area contributed by atoms with E-state index in [1.54, 1.807) is 12.0 Å². The first-order valence-corrected chi connectivity index (χ1v) is 7.95. The van der Waals surface area contributed by atoms with Crippen molar-refractivity contribution in [2.24, 2.45) is 0 Å². The van der Waals surface area contributed by atoms with E-state index in [0.717, 1.165) is 26.1 Å². The lowest BCUT2D eigenvalue weighted by Crippen LogP contribution is -2.30. The maximum atomic E-state index is 12.2. The van der Waals surface area contributed by atoms with Crippen LogP contribution >= 0.6 is 0 Å². The Morgan fingerprint density at radius 2 is 1.95 bits per heavy atom. The first-order chi connectivity index (χ1) is 10.7. The third kappa shape index (κ3) is 3.32. The molecule has 0 spiro atoms. The number of hydrogen-bond acceptors (Lipinski definition) is 4. The Labute approximate surface area is 131 Å². The second kappa shape index (κ2) is 6.77. The quantitative estimate of drug-likeness (QED) is 0.882. The molecule has 2 heterocycles. The molecule has 2 atom stereocenters. The van der Waals surface area contributed by atoms with E-state index in [4.69, 9.17) is 4.74 Å². The highest BCUT2D eigenvalue weighted by atomic mass is 16.5. The zero-order valence-electron chi connectivity index (χ0n) is 13.1. The zero-order valence-corrected chi connectivity index (χ0v) is 13.1. The van der Waals surface area contributed by atoms with Gasteiger partial charge in [0.1, 0.15) is 6.10 Å². The Hall–Kier alpha value is -1.43. The summed E-state index contributed by atoms with van der Waals surface area (Å²) < 4.78 is 5.17. The number of amides is 1. The molecule has 1 saturated heterocycles. The van der Waals surface area contributed by atoms with E-state index < -0.39 is 6.10 Å². The van der Waals surface area contributed by atoms with Crippen LogP contribution in [0.25, 0.3) is 0 Å². The smallest absolute Gasteiger partial charge is 0.222 e. The van der Waals surface area contributed by atoms with Crippen LogP contribution in [-0.4, -0.2) is 59.8 Å². The topological polar surface area (TPSA) is 53.0 Å². The first kappa shape index (κ1) is 15.5. The van der Waals surface area contributed by atoms with Gasteiger partial charge in [0.2, 0.25) is 5.91 Å². The summed E-state index contributed by atoms with van der Waals surface area (Å²) in [5.74, 6) is 0.121. The average Bonchev–Trinajstić information content (AvgIpc) is 3.09. The summed E-state index contributed by atoms with van der Waals surface area (Å²) in [4.78, 5) is 16.3. The molecule has 1 aromatic carbocycles. The van der Waals surface area contributed by atoms with Gasteiger partial charge in [-0.15, -0.1) is 0 Å². The van der Waals surface area contributed by atoms with Crippen LogP contribution in [0.15, 0.2) is 24.3 Å². The number of aliphatic hydroxyl groups is 1. The van der Waals surface area contributed by atoms with Gasteiger partial charge in [-0.2, -0.15) is 0 Å². The number of aliphatic hydroxyl groups excluding tert-OH is 1. The zero-order chi connectivity index (χ0) is 15.5. The van der Waals surface area contributed by atoms with Crippen LogP contribution in [0.2, 0.25) is 0 Å². The Morgan fingerprint density at radius 3 is 2.55 bits per heavy atom. The summed E-state index contributed by atoms with van der Waals surface area (Å²) in [5, 5.41) is 9.78. The van der Waals surface area contributed by atoms with Crippen LogP contribution in [0.5, 0.6) is 0 Å². The lowest BCUT2D eigenvalue weighted by molar-refractivity contribution is -0.130. The Kier molecular flexibility index (Phi) is 4.76. The van der Waals surface area contributed by atoms with Gasteiger partial charge in [-0.1, -0.05) is 24.3 Å². The minimum absolute atomic E-state index is 0.121. The first-order valence-electron chi connectivity index (χ1n) is 7.95. The van der Waals surface area contributed by atoms with Crippen molar-refractivity contribution in [1.82, 2.24) is 9.80 Å². The van der Waals surface area contributed by atoms with E-state index in [1.807, 2.05) is 0 Å². The molecule has 5 nitrogen and oxygen atoms in total. The lowest BCUT2D eigenvalue weighted by atomic mass is 10.1. The number of hydrogen-bond donors (Lipinski definition) is 1. The van der Waals surface area contributed by atoms with Crippen molar-refractivity contribution in [2.45, 2.75) is 38.1 Å². The predicted molar refractivity (Wildman–Crippen MR) is 83.2 cm³/mol. The molecule has 0 bridgehead atoms. The van der Waals surface area contributed by atoms with Crippen molar-refractivity contribution >= 4 is 5.91 Å². The number of carbonyl (C=O) groups excluding carboxylic acids is 1. The van der Waals surface area contributed by atoms with Gasteiger partial charge in [0.15, 0.2) is 0 Å². The second-order valence-corrected chi connectivity index (χ2v) is 6.22. The maximum absolute atomic E-state index is 12.2. The van der Waals surface area contributed by atoms with Crippen LogP contribution in [-0.2, 0) is 22.6 Å². The summed E-state index contributed by atoms with van der Waals surface area (Å²) in [6.45, 7) is 3.81. The molecule has 0 unspecified atom stereocenters. The Bertz CT molecular complexity index is 509. The summed E-state index contributed by atoms with van der Waals surface area (Å²) in [7, 11) is 1.58. The summed E-state index contributed by atoms with van der Waals surface area (Å²) in [6, 6.07) is 8.52. The molecule has 0 aromatic heterocycles. The van der Waals surface area contributed by atoms with Crippen molar-refractivity contribution in [1.29, 1.82) is 0 Å². The molecule has 2 aliphatic rings. The van der Waals surface area contributed by atoms with Crippen molar-refractivity contribution in [2.75, 3.05) is 26.7 Å². The molecule has 1 aromatic rings. The van der Waals surface area contributed by atoms with Crippen LogP contribution in [0, 0.1) is 0 Å². The van der Waals surface area contributed by atoms with Gasteiger partial charge in [0.05, 0.1) is 6.10 Å². The molecular weight excluding hydrogens is 280 g/mol. The fraction of sp³-hybridized carbons (Fsp3) is 0.588. The Morgan fingerprint density at radius 1 is 1.27 bits per heavy atom. The van der Waals surface area contributed by atoms with Crippen molar-refractivity contribution in [3.63, 3.8) is 0 Å². The van der Waals surface area contributed by atoms with Crippen LogP contribution in [0.1, 0.15) is 24.0 Å². The van der Waals surface area contributed by atoms with E-state index >= 15 is 0 Å². The minimum atomic E-state index is -0.554. The minimum Gasteiger partial charge on any atom is -0.388 e.